The van der Waals surface area contributed by atoms with Crippen molar-refractivity contribution in [1.29, 1.82) is 0 Å². The van der Waals surface area contributed by atoms with Crippen LogP contribution in [-0.2, 0) is 0 Å². The van der Waals surface area contributed by atoms with Gasteiger partial charge in [0.2, 0.25) is 0 Å². The number of thiazole rings is 1. The first-order chi connectivity index (χ1) is 13.7. The predicted octanol–water partition coefficient (Wildman–Crippen LogP) is 4.74. The Morgan fingerprint density at radius 3 is 2.79 bits per heavy atom. The molecule has 0 saturated heterocycles. The molecule has 138 valence electrons. The first-order valence-electron chi connectivity index (χ1n) is 8.75. The van der Waals surface area contributed by atoms with Gasteiger partial charge in [-0.2, -0.15) is 0 Å². The highest BCUT2D eigenvalue weighted by Crippen LogP contribution is 2.29. The number of nitrogens with zero attached hydrogens (tertiary/aromatic N) is 5. The Labute approximate surface area is 163 Å². The number of benzene rings is 2. The number of hydrogen-bond acceptors (Lipinski definition) is 6. The maximum Gasteiger partial charge on any atom is 0.157 e. The van der Waals surface area contributed by atoms with Gasteiger partial charge < -0.3 is 5.32 Å². The summed E-state index contributed by atoms with van der Waals surface area (Å²) in [7, 11) is 0. The van der Waals surface area contributed by atoms with Crippen LogP contribution in [0.25, 0.3) is 27.1 Å². The highest BCUT2D eigenvalue weighted by Gasteiger charge is 2.20. The average molecular weight is 390 g/mol. The van der Waals surface area contributed by atoms with Crippen LogP contribution in [0.15, 0.2) is 60.4 Å². The standard InChI is InChI=1S/C20H15FN6S/c1-12(25-18-17-20(23-10-22-18)28-11-24-17)19-26-15-8-7-13(21)9-16(15)27(19)14-5-3-2-4-6-14/h2-12H,1H3,(H,22,23,25). The number of anilines is 1. The van der Waals surface area contributed by atoms with Crippen molar-refractivity contribution in [3.63, 3.8) is 0 Å². The van der Waals surface area contributed by atoms with E-state index in [9.17, 15) is 4.39 Å². The molecule has 0 spiro atoms. The maximum atomic E-state index is 13.9. The van der Waals surface area contributed by atoms with Crippen molar-refractivity contribution in [1.82, 2.24) is 24.5 Å². The fourth-order valence-electron chi connectivity index (χ4n) is 3.28. The second-order valence-corrected chi connectivity index (χ2v) is 7.20. The van der Waals surface area contributed by atoms with Gasteiger partial charge in [-0.25, -0.2) is 24.3 Å². The highest BCUT2D eigenvalue weighted by atomic mass is 32.1. The summed E-state index contributed by atoms with van der Waals surface area (Å²) in [5.74, 6) is 1.11. The van der Waals surface area contributed by atoms with Gasteiger partial charge in [0, 0.05) is 11.8 Å². The molecule has 6 nitrogen and oxygen atoms in total. The molecule has 0 radical (unpaired) electrons. The van der Waals surface area contributed by atoms with Crippen molar-refractivity contribution in [2.75, 3.05) is 5.32 Å². The van der Waals surface area contributed by atoms with Crippen LogP contribution in [0, 0.1) is 5.82 Å². The molecule has 3 aromatic heterocycles. The molecule has 3 heterocycles. The number of aromatic nitrogens is 5. The summed E-state index contributed by atoms with van der Waals surface area (Å²) in [5, 5.41) is 3.39. The molecule has 2 aromatic carbocycles. The van der Waals surface area contributed by atoms with Crippen LogP contribution < -0.4 is 5.32 Å². The van der Waals surface area contributed by atoms with Crippen LogP contribution in [-0.4, -0.2) is 24.5 Å². The minimum Gasteiger partial charge on any atom is -0.358 e. The van der Waals surface area contributed by atoms with Gasteiger partial charge in [-0.1, -0.05) is 18.2 Å². The Morgan fingerprint density at radius 1 is 1.07 bits per heavy atom. The van der Waals surface area contributed by atoms with Crippen LogP contribution in [0.2, 0.25) is 0 Å². The monoisotopic (exact) mass is 390 g/mol. The van der Waals surface area contributed by atoms with Gasteiger partial charge in [-0.15, -0.1) is 11.3 Å². The Hall–Kier alpha value is -3.39. The van der Waals surface area contributed by atoms with Crippen LogP contribution >= 0.6 is 11.3 Å². The van der Waals surface area contributed by atoms with E-state index in [1.54, 1.807) is 11.6 Å². The fraction of sp³-hybridized carbons (Fsp3) is 0.100. The van der Waals surface area contributed by atoms with Gasteiger partial charge in [0.25, 0.3) is 0 Å². The molecule has 0 saturated carbocycles. The van der Waals surface area contributed by atoms with E-state index < -0.39 is 0 Å². The summed E-state index contributed by atoms with van der Waals surface area (Å²) in [4.78, 5) is 18.5. The summed E-state index contributed by atoms with van der Waals surface area (Å²) < 4.78 is 15.9. The van der Waals surface area contributed by atoms with Crippen molar-refractivity contribution >= 4 is 38.5 Å². The SMILES string of the molecule is CC(Nc1ncnc2scnc12)c1nc2ccc(F)cc2n1-c1ccccc1. The number of fused-ring (bicyclic) bond motifs is 2. The smallest absolute Gasteiger partial charge is 0.157 e. The van der Waals surface area contributed by atoms with Crippen molar-refractivity contribution in [3.8, 4) is 5.69 Å². The minimum absolute atomic E-state index is 0.199. The lowest BCUT2D eigenvalue weighted by Crippen LogP contribution is -2.14. The number of rotatable bonds is 4. The molecule has 1 unspecified atom stereocenters. The van der Waals surface area contributed by atoms with Gasteiger partial charge in [-0.3, -0.25) is 4.57 Å². The Bertz CT molecular complexity index is 1280. The molecular formula is C20H15FN6S. The summed E-state index contributed by atoms with van der Waals surface area (Å²) >= 11 is 1.47. The minimum atomic E-state index is -0.295. The van der Waals surface area contributed by atoms with E-state index >= 15 is 0 Å². The normalized spacial score (nSPS) is 12.5. The van der Waals surface area contributed by atoms with E-state index in [1.807, 2.05) is 41.8 Å². The lowest BCUT2D eigenvalue weighted by Gasteiger charge is -2.17. The van der Waals surface area contributed by atoms with Crippen LogP contribution in [0.1, 0.15) is 18.8 Å². The zero-order chi connectivity index (χ0) is 19.1. The van der Waals surface area contributed by atoms with Gasteiger partial charge in [-0.05, 0) is 31.2 Å². The zero-order valence-electron chi connectivity index (χ0n) is 14.9. The molecule has 1 N–H and O–H groups in total. The second-order valence-electron chi connectivity index (χ2n) is 6.37. The van der Waals surface area contributed by atoms with Crippen molar-refractivity contribution < 1.29 is 4.39 Å². The van der Waals surface area contributed by atoms with Gasteiger partial charge in [0.15, 0.2) is 5.82 Å². The van der Waals surface area contributed by atoms with Crippen molar-refractivity contribution in [2.45, 2.75) is 13.0 Å². The average Bonchev–Trinajstić information content (AvgIpc) is 3.33. The van der Waals surface area contributed by atoms with Crippen LogP contribution in [0.5, 0.6) is 0 Å². The summed E-state index contributed by atoms with van der Waals surface area (Å²) in [6, 6.07) is 14.2. The molecule has 1 atom stereocenters. The number of nitrogens with one attached hydrogen (secondary N) is 1. The van der Waals surface area contributed by atoms with E-state index in [2.05, 4.69) is 20.3 Å². The fourth-order valence-corrected chi connectivity index (χ4v) is 3.90. The number of hydrogen-bond donors (Lipinski definition) is 1. The topological polar surface area (TPSA) is 68.5 Å². The summed E-state index contributed by atoms with van der Waals surface area (Å²) in [6.07, 6.45) is 1.52. The summed E-state index contributed by atoms with van der Waals surface area (Å²) in [6.45, 7) is 2.00. The van der Waals surface area contributed by atoms with Crippen LogP contribution in [0.3, 0.4) is 0 Å². The largest absolute Gasteiger partial charge is 0.358 e. The quantitative estimate of drug-likeness (QED) is 0.480. The predicted molar refractivity (Wildman–Crippen MR) is 108 cm³/mol. The van der Waals surface area contributed by atoms with E-state index in [4.69, 9.17) is 4.98 Å². The van der Waals surface area contributed by atoms with E-state index in [0.717, 1.165) is 32.9 Å². The molecular weight excluding hydrogens is 375 g/mol. The van der Waals surface area contributed by atoms with Gasteiger partial charge in [0.05, 0.1) is 22.6 Å². The third-order valence-corrected chi connectivity index (χ3v) is 5.27. The van der Waals surface area contributed by atoms with E-state index in [0.29, 0.717) is 5.82 Å². The summed E-state index contributed by atoms with van der Waals surface area (Å²) in [5.41, 5.74) is 4.84. The Balaban J connectivity index is 1.64. The second kappa shape index (κ2) is 6.65. The molecule has 0 bridgehead atoms. The van der Waals surface area contributed by atoms with Crippen molar-refractivity contribution in [2.24, 2.45) is 0 Å². The third kappa shape index (κ3) is 2.78. The van der Waals surface area contributed by atoms with Gasteiger partial charge in [0.1, 0.15) is 28.3 Å². The molecule has 28 heavy (non-hydrogen) atoms. The molecule has 5 rings (SSSR count). The molecule has 0 aliphatic carbocycles. The highest BCUT2D eigenvalue weighted by molar-refractivity contribution is 7.16. The number of imidazole rings is 1. The first kappa shape index (κ1) is 16.8. The van der Waals surface area contributed by atoms with E-state index in [-0.39, 0.29) is 11.9 Å². The molecule has 0 amide bonds. The molecule has 0 aliphatic rings. The molecule has 8 heteroatoms. The first-order valence-corrected chi connectivity index (χ1v) is 9.63. The third-order valence-electron chi connectivity index (χ3n) is 4.53. The van der Waals surface area contributed by atoms with Gasteiger partial charge >= 0.3 is 0 Å². The molecule has 0 aliphatic heterocycles. The molecule has 5 aromatic rings. The molecule has 0 fully saturated rings. The Kier molecular flexibility index (Phi) is 3.98. The lowest BCUT2D eigenvalue weighted by molar-refractivity contribution is 0.629. The Morgan fingerprint density at radius 2 is 1.93 bits per heavy atom. The maximum absolute atomic E-state index is 13.9. The zero-order valence-corrected chi connectivity index (χ0v) is 15.7. The van der Waals surface area contributed by atoms with E-state index in [1.165, 1.54) is 29.8 Å². The lowest BCUT2D eigenvalue weighted by atomic mass is 10.2. The number of halogens is 1. The van der Waals surface area contributed by atoms with Crippen LogP contribution in [0.4, 0.5) is 10.2 Å². The number of para-hydroxylation sites is 1. The van der Waals surface area contributed by atoms with Crippen molar-refractivity contribution in [3.05, 3.63) is 72.0 Å².